The summed E-state index contributed by atoms with van der Waals surface area (Å²) in [4.78, 5) is 40.0. The lowest BCUT2D eigenvalue weighted by Gasteiger charge is -2.37. The van der Waals surface area contributed by atoms with Gasteiger partial charge < -0.3 is 0 Å². The zero-order valence-corrected chi connectivity index (χ0v) is 16.3. The van der Waals surface area contributed by atoms with Crippen molar-refractivity contribution in [2.45, 2.75) is 25.9 Å². The Hall–Kier alpha value is -2.64. The molecule has 1 aromatic rings. The largest absolute Gasteiger partial charge is 0.471 e. The van der Waals surface area contributed by atoms with Crippen molar-refractivity contribution >= 4 is 23.4 Å². The van der Waals surface area contributed by atoms with Gasteiger partial charge in [-0.1, -0.05) is 37.3 Å². The number of nitrogens with zero attached hydrogens (tertiary/aromatic N) is 2. The average Bonchev–Trinajstić information content (AvgIpc) is 3.51. The molecule has 3 amide bonds. The fourth-order valence-electron chi connectivity index (χ4n) is 5.78. The molecule has 5 nitrogen and oxygen atoms in total. The van der Waals surface area contributed by atoms with Crippen molar-refractivity contribution in [3.05, 3.63) is 42.0 Å². The third-order valence-electron chi connectivity index (χ3n) is 7.19. The van der Waals surface area contributed by atoms with Crippen LogP contribution < -0.4 is 4.90 Å². The Labute approximate surface area is 171 Å². The smallest absolute Gasteiger partial charge is 0.286 e. The second-order valence-corrected chi connectivity index (χ2v) is 8.61. The lowest BCUT2D eigenvalue weighted by Crippen LogP contribution is -2.49. The van der Waals surface area contributed by atoms with Gasteiger partial charge in [0.15, 0.2) is 0 Å². The number of benzene rings is 1. The van der Waals surface area contributed by atoms with E-state index in [-0.39, 0.29) is 17.5 Å². The predicted molar refractivity (Wildman–Crippen MR) is 101 cm³/mol. The molecule has 6 atom stereocenters. The van der Waals surface area contributed by atoms with E-state index >= 15 is 0 Å². The van der Waals surface area contributed by atoms with E-state index in [1.54, 1.807) is 19.1 Å². The highest BCUT2D eigenvalue weighted by molar-refractivity contribution is 6.07. The summed E-state index contributed by atoms with van der Waals surface area (Å²) >= 11 is 0. The Morgan fingerprint density at radius 1 is 1.07 bits per heavy atom. The maximum Gasteiger partial charge on any atom is 0.471 e. The van der Waals surface area contributed by atoms with Gasteiger partial charge in [0.05, 0.1) is 11.8 Å². The van der Waals surface area contributed by atoms with Gasteiger partial charge in [-0.3, -0.25) is 24.2 Å². The number of rotatable bonds is 4. The highest BCUT2D eigenvalue weighted by Crippen LogP contribution is 2.65. The Bertz CT molecular complexity index is 937. The molecule has 1 heterocycles. The molecule has 0 radical (unpaired) electrons. The standard InChI is InChI=1S/C22H21F3N2O3/c1-2-11-5-3-4-6-16(11)26(21(30)22(23,24)25)10-27-19(28)17-12-7-8-13(15-9-14(12)15)18(17)20(27)29/h3-8,12-15,17-18H,2,9-10H2,1H3/t12-,13-,14-,15+,17-,18+/m0/s1. The highest BCUT2D eigenvalue weighted by Gasteiger charge is 2.67. The molecule has 0 N–H and O–H groups in total. The van der Waals surface area contributed by atoms with Crippen LogP contribution in [0.3, 0.4) is 0 Å². The van der Waals surface area contributed by atoms with Crippen LogP contribution in [0.1, 0.15) is 18.9 Å². The van der Waals surface area contributed by atoms with Crippen molar-refractivity contribution in [2.75, 3.05) is 11.6 Å². The van der Waals surface area contributed by atoms with E-state index in [4.69, 9.17) is 0 Å². The number of carbonyl (C=O) groups is 3. The van der Waals surface area contributed by atoms with E-state index in [9.17, 15) is 27.6 Å². The van der Waals surface area contributed by atoms with Crippen LogP contribution in [0.4, 0.5) is 18.9 Å². The predicted octanol–water partition coefficient (Wildman–Crippen LogP) is 3.15. The second-order valence-electron chi connectivity index (χ2n) is 8.61. The van der Waals surface area contributed by atoms with E-state index in [0.717, 1.165) is 11.3 Å². The molecule has 6 rings (SSSR count). The van der Waals surface area contributed by atoms with Crippen LogP contribution in [0.2, 0.25) is 0 Å². The van der Waals surface area contributed by atoms with Gasteiger partial charge in [-0.25, -0.2) is 0 Å². The van der Waals surface area contributed by atoms with Crippen LogP contribution in [0.15, 0.2) is 36.4 Å². The van der Waals surface area contributed by atoms with E-state index in [1.165, 1.54) is 12.1 Å². The minimum Gasteiger partial charge on any atom is -0.286 e. The Balaban J connectivity index is 1.49. The van der Waals surface area contributed by atoms with Crippen molar-refractivity contribution in [3.8, 4) is 0 Å². The number of anilines is 1. The Morgan fingerprint density at radius 3 is 2.17 bits per heavy atom. The number of para-hydroxylation sites is 1. The van der Waals surface area contributed by atoms with Gasteiger partial charge in [-0.15, -0.1) is 0 Å². The molecule has 2 bridgehead atoms. The van der Waals surface area contributed by atoms with E-state index < -0.39 is 42.4 Å². The molecule has 1 aromatic carbocycles. The van der Waals surface area contributed by atoms with E-state index in [0.29, 0.717) is 28.7 Å². The molecule has 3 fully saturated rings. The lowest BCUT2D eigenvalue weighted by molar-refractivity contribution is -0.171. The first-order valence-corrected chi connectivity index (χ1v) is 10.2. The maximum absolute atomic E-state index is 13.4. The quantitative estimate of drug-likeness (QED) is 0.558. The first-order chi connectivity index (χ1) is 14.2. The number of carbonyl (C=O) groups excluding carboxylic acids is 3. The first-order valence-electron chi connectivity index (χ1n) is 10.2. The van der Waals surface area contributed by atoms with Crippen LogP contribution in [0, 0.1) is 35.5 Å². The minimum absolute atomic E-state index is 0.0267. The molecule has 5 aliphatic rings. The number of alkyl halides is 3. The first kappa shape index (κ1) is 19.3. The van der Waals surface area contributed by atoms with Crippen LogP contribution in [0.5, 0.6) is 0 Å². The molecular formula is C22H21F3N2O3. The number of halogens is 3. The van der Waals surface area contributed by atoms with Gasteiger partial charge in [0.25, 0.3) is 0 Å². The molecule has 0 aromatic heterocycles. The van der Waals surface area contributed by atoms with Crippen LogP contribution in [-0.2, 0) is 20.8 Å². The Kier molecular flexibility index (Phi) is 4.14. The molecule has 4 aliphatic carbocycles. The number of amides is 3. The topological polar surface area (TPSA) is 57.7 Å². The molecule has 158 valence electrons. The third-order valence-corrected chi connectivity index (χ3v) is 7.19. The van der Waals surface area contributed by atoms with Crippen LogP contribution in [-0.4, -0.2) is 35.5 Å². The fourth-order valence-corrected chi connectivity index (χ4v) is 5.78. The summed E-state index contributed by atoms with van der Waals surface area (Å²) in [5.74, 6) is -3.28. The monoisotopic (exact) mass is 418 g/mol. The van der Waals surface area contributed by atoms with Gasteiger partial charge in [0.2, 0.25) is 11.8 Å². The zero-order chi connectivity index (χ0) is 21.4. The van der Waals surface area contributed by atoms with Crippen LogP contribution in [0.25, 0.3) is 0 Å². The number of aryl methyl sites for hydroxylation is 1. The zero-order valence-electron chi connectivity index (χ0n) is 16.3. The van der Waals surface area contributed by atoms with Gasteiger partial charge in [0.1, 0.15) is 6.67 Å². The number of imide groups is 1. The molecule has 1 aliphatic heterocycles. The van der Waals surface area contributed by atoms with Gasteiger partial charge in [0, 0.05) is 5.69 Å². The summed E-state index contributed by atoms with van der Waals surface area (Å²) in [5, 5.41) is 0. The lowest BCUT2D eigenvalue weighted by atomic mass is 9.63. The SMILES string of the molecule is CCc1ccccc1N(CN1C(=O)[C@@H]2[C@H]3C=C[C@@H]([C@@H]4C[C@H]34)[C@@H]2C1=O)C(=O)C(F)(F)F. The maximum atomic E-state index is 13.4. The summed E-state index contributed by atoms with van der Waals surface area (Å²) in [6.45, 7) is 1.06. The average molecular weight is 418 g/mol. The van der Waals surface area contributed by atoms with Gasteiger partial charge in [-0.05, 0) is 48.1 Å². The molecule has 30 heavy (non-hydrogen) atoms. The molecule has 8 heteroatoms. The summed E-state index contributed by atoms with van der Waals surface area (Å²) in [5.41, 5.74) is 0.608. The van der Waals surface area contributed by atoms with Gasteiger partial charge >= 0.3 is 12.1 Å². The minimum atomic E-state index is -5.12. The summed E-state index contributed by atoms with van der Waals surface area (Å²) in [6, 6.07) is 6.27. The second kappa shape index (κ2) is 6.43. The number of hydrogen-bond donors (Lipinski definition) is 0. The van der Waals surface area contributed by atoms with Crippen molar-refractivity contribution in [3.63, 3.8) is 0 Å². The van der Waals surface area contributed by atoms with Crippen molar-refractivity contribution < 1.29 is 27.6 Å². The summed E-state index contributed by atoms with van der Waals surface area (Å²) < 4.78 is 40.2. The highest BCUT2D eigenvalue weighted by atomic mass is 19.4. The molecule has 0 unspecified atom stereocenters. The van der Waals surface area contributed by atoms with Crippen LogP contribution >= 0.6 is 0 Å². The van der Waals surface area contributed by atoms with Crippen molar-refractivity contribution in [1.82, 2.24) is 4.90 Å². The summed E-state index contributed by atoms with van der Waals surface area (Å²) in [6.07, 6.45) is 0.280. The number of allylic oxidation sites excluding steroid dienone is 2. The number of hydrogen-bond acceptors (Lipinski definition) is 3. The molecule has 1 saturated heterocycles. The molecule has 0 spiro atoms. The fraction of sp³-hybridized carbons (Fsp3) is 0.500. The molecule has 2 saturated carbocycles. The number of likely N-dealkylation sites (tertiary alicyclic amines) is 1. The van der Waals surface area contributed by atoms with E-state index in [2.05, 4.69) is 0 Å². The van der Waals surface area contributed by atoms with Gasteiger partial charge in [-0.2, -0.15) is 13.2 Å². The van der Waals surface area contributed by atoms with Crippen molar-refractivity contribution in [1.29, 1.82) is 0 Å². The molecular weight excluding hydrogens is 397 g/mol. The van der Waals surface area contributed by atoms with Crippen molar-refractivity contribution in [2.24, 2.45) is 35.5 Å². The third kappa shape index (κ3) is 2.65. The van der Waals surface area contributed by atoms with E-state index in [1.807, 2.05) is 12.2 Å². The normalized spacial score (nSPS) is 33.5. The summed E-state index contributed by atoms with van der Waals surface area (Å²) in [7, 11) is 0. The Morgan fingerprint density at radius 2 is 1.63 bits per heavy atom.